The Bertz CT molecular complexity index is 869. The molecule has 1 aromatic carbocycles. The number of pyridine rings is 1. The Balaban J connectivity index is 1.66. The zero-order valence-electron chi connectivity index (χ0n) is 15.5. The van der Waals surface area contributed by atoms with Gasteiger partial charge in [0.2, 0.25) is 5.91 Å². The fraction of sp³-hybridized carbons (Fsp3) is 0.348. The molecule has 1 aromatic heterocycles. The third-order valence-corrected chi connectivity index (χ3v) is 5.89. The molecule has 5 atom stereocenters. The lowest BCUT2D eigenvalue weighted by Crippen LogP contribution is -2.57. The number of nitrogens with one attached hydrogen (secondary N) is 1. The molecule has 0 spiro atoms. The van der Waals surface area contributed by atoms with Crippen molar-refractivity contribution in [2.24, 2.45) is 11.8 Å². The molecule has 1 saturated heterocycles. The number of amides is 1. The largest absolute Gasteiger partial charge is 0.352 e. The number of aromatic nitrogens is 1. The van der Waals surface area contributed by atoms with Gasteiger partial charge < -0.3 is 5.32 Å². The molecule has 1 saturated carbocycles. The van der Waals surface area contributed by atoms with Crippen LogP contribution < -0.4 is 5.32 Å². The van der Waals surface area contributed by atoms with Crippen LogP contribution in [0.4, 0.5) is 4.39 Å². The summed E-state index contributed by atoms with van der Waals surface area (Å²) < 4.78 is 13.9. The minimum Gasteiger partial charge on any atom is -0.352 e. The highest BCUT2D eigenvalue weighted by Gasteiger charge is 2.49. The molecule has 4 nitrogen and oxygen atoms in total. The molecule has 0 bridgehead atoms. The lowest BCUT2D eigenvalue weighted by Gasteiger charge is -2.45. The number of ketones is 1. The van der Waals surface area contributed by atoms with E-state index in [1.165, 1.54) is 6.08 Å². The normalized spacial score (nSPS) is 29.9. The summed E-state index contributed by atoms with van der Waals surface area (Å²) in [7, 11) is 0. The number of allylic oxidation sites excluding steroid dienone is 1. The minimum absolute atomic E-state index is 0.0628. The van der Waals surface area contributed by atoms with Gasteiger partial charge in [-0.3, -0.25) is 14.6 Å². The highest BCUT2D eigenvalue weighted by Crippen LogP contribution is 2.45. The number of carbonyl (C=O) groups is 2. The van der Waals surface area contributed by atoms with Gasteiger partial charge in [0.25, 0.3) is 0 Å². The summed E-state index contributed by atoms with van der Waals surface area (Å²) in [4.78, 5) is 30.0. The number of carbonyl (C=O) groups excluding carboxylic acids is 2. The molecule has 28 heavy (non-hydrogen) atoms. The van der Waals surface area contributed by atoms with Gasteiger partial charge in [-0.05, 0) is 54.5 Å². The second-order valence-corrected chi connectivity index (χ2v) is 7.63. The first-order valence-electron chi connectivity index (χ1n) is 9.75. The molecule has 2 aliphatic rings. The van der Waals surface area contributed by atoms with Gasteiger partial charge in [0.15, 0.2) is 5.78 Å². The SMILES string of the molecule is O=C(/C=C/c1cccnc1)C1C(=O)NC2CC(F)CCC2C1c1ccccc1. The fourth-order valence-corrected chi connectivity index (χ4v) is 4.60. The van der Waals surface area contributed by atoms with Crippen molar-refractivity contribution in [1.82, 2.24) is 10.3 Å². The molecule has 1 aliphatic heterocycles. The molecule has 4 rings (SSSR count). The number of alkyl halides is 1. The van der Waals surface area contributed by atoms with E-state index in [0.29, 0.717) is 19.3 Å². The maximum Gasteiger partial charge on any atom is 0.231 e. The number of nitrogens with zero attached hydrogens (tertiary/aromatic N) is 1. The van der Waals surface area contributed by atoms with E-state index in [2.05, 4.69) is 10.3 Å². The first-order chi connectivity index (χ1) is 13.6. The monoisotopic (exact) mass is 378 g/mol. The van der Waals surface area contributed by atoms with Crippen LogP contribution in [0.15, 0.2) is 60.9 Å². The fourth-order valence-electron chi connectivity index (χ4n) is 4.60. The van der Waals surface area contributed by atoms with Gasteiger partial charge >= 0.3 is 0 Å². The molecule has 5 unspecified atom stereocenters. The van der Waals surface area contributed by atoms with Crippen LogP contribution >= 0.6 is 0 Å². The van der Waals surface area contributed by atoms with Crippen molar-refractivity contribution < 1.29 is 14.0 Å². The molecule has 1 aliphatic carbocycles. The van der Waals surface area contributed by atoms with E-state index in [9.17, 15) is 14.0 Å². The Morgan fingerprint density at radius 2 is 1.96 bits per heavy atom. The average molecular weight is 378 g/mol. The number of halogens is 1. The number of benzene rings is 1. The van der Waals surface area contributed by atoms with Crippen LogP contribution in [0.3, 0.4) is 0 Å². The van der Waals surface area contributed by atoms with Crippen molar-refractivity contribution in [3.05, 3.63) is 72.1 Å². The molecular formula is C23H23FN2O2. The van der Waals surface area contributed by atoms with Crippen molar-refractivity contribution in [2.75, 3.05) is 0 Å². The molecule has 2 aromatic rings. The van der Waals surface area contributed by atoms with Crippen LogP contribution in [0.1, 0.15) is 36.3 Å². The zero-order valence-corrected chi connectivity index (χ0v) is 15.5. The Morgan fingerprint density at radius 1 is 1.14 bits per heavy atom. The third kappa shape index (κ3) is 3.75. The van der Waals surface area contributed by atoms with Crippen molar-refractivity contribution >= 4 is 17.8 Å². The van der Waals surface area contributed by atoms with Gasteiger partial charge in [-0.1, -0.05) is 36.4 Å². The van der Waals surface area contributed by atoms with Gasteiger partial charge in [0.05, 0.1) is 0 Å². The summed E-state index contributed by atoms with van der Waals surface area (Å²) in [6.45, 7) is 0. The lowest BCUT2D eigenvalue weighted by atomic mass is 9.64. The van der Waals surface area contributed by atoms with E-state index in [0.717, 1.165) is 11.1 Å². The highest BCUT2D eigenvalue weighted by molar-refractivity contribution is 6.09. The van der Waals surface area contributed by atoms with Gasteiger partial charge in [0.1, 0.15) is 12.1 Å². The van der Waals surface area contributed by atoms with Crippen LogP contribution in [0.5, 0.6) is 0 Å². The molecule has 1 N–H and O–H groups in total. The van der Waals surface area contributed by atoms with E-state index in [4.69, 9.17) is 0 Å². The van der Waals surface area contributed by atoms with E-state index in [1.54, 1.807) is 24.5 Å². The zero-order chi connectivity index (χ0) is 19.5. The highest BCUT2D eigenvalue weighted by atomic mass is 19.1. The van der Waals surface area contributed by atoms with E-state index >= 15 is 0 Å². The molecular weight excluding hydrogens is 355 g/mol. The van der Waals surface area contributed by atoms with Crippen molar-refractivity contribution in [3.8, 4) is 0 Å². The van der Waals surface area contributed by atoms with Crippen LogP contribution in [-0.4, -0.2) is 28.9 Å². The Hall–Kier alpha value is -2.82. The molecule has 1 amide bonds. The maximum atomic E-state index is 13.9. The van der Waals surface area contributed by atoms with Gasteiger partial charge in [-0.15, -0.1) is 0 Å². The molecule has 2 fully saturated rings. The standard InChI is InChI=1S/C23H23FN2O2/c24-17-9-10-18-19(13-17)26-23(28)22(21(18)16-6-2-1-3-7-16)20(27)11-8-15-5-4-12-25-14-15/h1-8,11-12,14,17-19,21-22H,9-10,13H2,(H,26,28)/b11-8+. The Labute approximate surface area is 163 Å². The molecule has 144 valence electrons. The number of fused-ring (bicyclic) bond motifs is 1. The summed E-state index contributed by atoms with van der Waals surface area (Å²) in [6.07, 6.45) is 7.07. The predicted octanol–water partition coefficient (Wildman–Crippen LogP) is 3.70. The van der Waals surface area contributed by atoms with Crippen molar-refractivity contribution in [3.63, 3.8) is 0 Å². The lowest BCUT2D eigenvalue weighted by molar-refractivity contribution is -0.138. The van der Waals surface area contributed by atoms with E-state index < -0.39 is 12.1 Å². The average Bonchev–Trinajstić information content (AvgIpc) is 2.72. The molecule has 5 heteroatoms. The first-order valence-corrected chi connectivity index (χ1v) is 9.75. The van der Waals surface area contributed by atoms with Gasteiger partial charge in [-0.25, -0.2) is 4.39 Å². The second kappa shape index (κ2) is 8.05. The number of piperidine rings is 1. The number of rotatable bonds is 4. The van der Waals surface area contributed by atoms with Crippen molar-refractivity contribution in [1.29, 1.82) is 0 Å². The minimum atomic E-state index is -0.893. The predicted molar refractivity (Wildman–Crippen MR) is 105 cm³/mol. The smallest absolute Gasteiger partial charge is 0.231 e. The van der Waals surface area contributed by atoms with Crippen LogP contribution in [-0.2, 0) is 9.59 Å². The second-order valence-electron chi connectivity index (χ2n) is 7.63. The summed E-state index contributed by atoms with van der Waals surface area (Å²) in [6, 6.07) is 13.1. The number of hydrogen-bond acceptors (Lipinski definition) is 3. The van der Waals surface area contributed by atoms with E-state index in [-0.39, 0.29) is 29.6 Å². The molecule has 2 heterocycles. The van der Waals surface area contributed by atoms with Crippen LogP contribution in [0.25, 0.3) is 6.08 Å². The third-order valence-electron chi connectivity index (χ3n) is 5.89. The number of hydrogen-bond donors (Lipinski definition) is 1. The Kier molecular flexibility index (Phi) is 5.33. The topological polar surface area (TPSA) is 59.1 Å². The quantitative estimate of drug-likeness (QED) is 0.652. The Morgan fingerprint density at radius 3 is 2.71 bits per heavy atom. The van der Waals surface area contributed by atoms with Gasteiger partial charge in [-0.2, -0.15) is 0 Å². The van der Waals surface area contributed by atoms with E-state index in [1.807, 2.05) is 36.4 Å². The van der Waals surface area contributed by atoms with Gasteiger partial charge in [0, 0.05) is 24.4 Å². The summed E-state index contributed by atoms with van der Waals surface area (Å²) >= 11 is 0. The maximum absolute atomic E-state index is 13.9. The van der Waals surface area contributed by atoms with Crippen LogP contribution in [0.2, 0.25) is 0 Å². The first kappa shape index (κ1) is 18.5. The summed E-state index contributed by atoms with van der Waals surface area (Å²) in [5.74, 6) is -1.50. The van der Waals surface area contributed by atoms with Crippen molar-refractivity contribution in [2.45, 2.75) is 37.4 Å². The summed E-state index contributed by atoms with van der Waals surface area (Å²) in [5.41, 5.74) is 1.77. The van der Waals surface area contributed by atoms with Crippen LogP contribution in [0, 0.1) is 11.8 Å². The molecule has 0 radical (unpaired) electrons. The summed E-state index contributed by atoms with van der Waals surface area (Å²) in [5, 5.41) is 2.93.